The van der Waals surface area contributed by atoms with E-state index in [-0.39, 0.29) is 25.7 Å². The maximum atomic E-state index is 13.3. The van der Waals surface area contributed by atoms with Gasteiger partial charge in [0, 0.05) is 11.3 Å². The van der Waals surface area contributed by atoms with Gasteiger partial charge in [-0.15, -0.1) is 0 Å². The molecule has 0 saturated carbocycles. The number of ether oxygens (including phenoxy) is 2. The molecule has 2 aliphatic rings. The molecule has 2 aromatic rings. The molecule has 1 fully saturated rings. The number of rotatable bonds is 5. The molecule has 0 radical (unpaired) electrons. The minimum Gasteiger partial charge on any atom is -0.484 e. The van der Waals surface area contributed by atoms with Gasteiger partial charge in [-0.05, 0) is 25.5 Å². The topological polar surface area (TPSA) is 111 Å². The summed E-state index contributed by atoms with van der Waals surface area (Å²) in [6, 6.07) is 6.97. The number of hydrogen-bond acceptors (Lipinski definition) is 7. The predicted octanol–water partition coefficient (Wildman–Crippen LogP) is 1.97. The van der Waals surface area contributed by atoms with Gasteiger partial charge >= 0.3 is 0 Å². The fraction of sp³-hybridized carbons (Fsp3) is 0.409. The van der Waals surface area contributed by atoms with Crippen LogP contribution >= 0.6 is 11.6 Å². The van der Waals surface area contributed by atoms with E-state index in [9.17, 15) is 9.90 Å². The van der Waals surface area contributed by atoms with Crippen molar-refractivity contribution in [2.45, 2.75) is 32.5 Å². The monoisotopic (exact) mass is 444 g/mol. The third kappa shape index (κ3) is 4.23. The van der Waals surface area contributed by atoms with Crippen LogP contribution < -0.4 is 10.5 Å². The largest absolute Gasteiger partial charge is 0.484 e. The number of hydrogen-bond donors (Lipinski definition) is 2. The number of nitrogens with zero attached hydrogens (tertiary/aromatic N) is 3. The van der Waals surface area contributed by atoms with Gasteiger partial charge in [0.2, 0.25) is 0 Å². The Balaban J connectivity index is 1.55. The Labute approximate surface area is 185 Å². The van der Waals surface area contributed by atoms with E-state index in [1.807, 2.05) is 13.8 Å². The van der Waals surface area contributed by atoms with Crippen molar-refractivity contribution in [3.63, 3.8) is 0 Å². The maximum absolute atomic E-state index is 13.3. The molecule has 4 rings (SSSR count). The summed E-state index contributed by atoms with van der Waals surface area (Å²) < 4.78 is 11.1. The quantitative estimate of drug-likeness (QED) is 0.725. The molecule has 3 N–H and O–H groups in total. The minimum atomic E-state index is -0.725. The summed E-state index contributed by atoms with van der Waals surface area (Å²) in [5.41, 5.74) is 9.39. The molecule has 1 saturated heterocycles. The number of para-hydroxylation sites is 1. The van der Waals surface area contributed by atoms with Gasteiger partial charge < -0.3 is 25.2 Å². The van der Waals surface area contributed by atoms with E-state index >= 15 is 0 Å². The minimum absolute atomic E-state index is 0.219. The first-order valence-corrected chi connectivity index (χ1v) is 10.6. The summed E-state index contributed by atoms with van der Waals surface area (Å²) in [6.45, 7) is 4.86. The van der Waals surface area contributed by atoms with Crippen LogP contribution in [0.15, 0.2) is 30.0 Å². The van der Waals surface area contributed by atoms with Crippen LogP contribution in [0.25, 0.3) is 5.57 Å². The van der Waals surface area contributed by atoms with Crippen LogP contribution in [0.3, 0.4) is 0 Å². The SMILES string of the molecule is CCc1nc(C2=C(N)CN(C(=O)c3ccccc3O[C@H]3COC[C@@H]3O)C2)nc(C)c1Cl. The predicted molar refractivity (Wildman–Crippen MR) is 116 cm³/mol. The number of aromatic nitrogens is 2. The van der Waals surface area contributed by atoms with Crippen LogP contribution in [0.2, 0.25) is 5.02 Å². The molecule has 3 heterocycles. The summed E-state index contributed by atoms with van der Waals surface area (Å²) in [7, 11) is 0. The Kier molecular flexibility index (Phi) is 6.13. The fourth-order valence-electron chi connectivity index (χ4n) is 3.71. The number of aryl methyl sites for hydroxylation is 2. The second kappa shape index (κ2) is 8.82. The molecule has 9 heteroatoms. The second-order valence-electron chi connectivity index (χ2n) is 7.67. The van der Waals surface area contributed by atoms with Gasteiger partial charge in [-0.3, -0.25) is 4.79 Å². The first kappa shape index (κ1) is 21.5. The number of nitrogens with two attached hydrogens (primary N) is 1. The molecular formula is C22H25ClN4O4. The normalized spacial score (nSPS) is 21.1. The molecule has 2 atom stereocenters. The van der Waals surface area contributed by atoms with E-state index in [0.717, 1.165) is 11.3 Å². The zero-order valence-corrected chi connectivity index (χ0v) is 18.2. The van der Waals surface area contributed by atoms with E-state index in [2.05, 4.69) is 9.97 Å². The van der Waals surface area contributed by atoms with E-state index < -0.39 is 12.2 Å². The molecule has 0 aliphatic carbocycles. The summed E-state index contributed by atoms with van der Waals surface area (Å²) in [5, 5.41) is 10.5. The summed E-state index contributed by atoms with van der Waals surface area (Å²) in [5.74, 6) is 0.687. The first-order chi connectivity index (χ1) is 14.9. The Morgan fingerprint density at radius 1 is 1.32 bits per heavy atom. The molecule has 0 spiro atoms. The van der Waals surface area contributed by atoms with Crippen LogP contribution in [-0.4, -0.2) is 64.4 Å². The Morgan fingerprint density at radius 3 is 2.81 bits per heavy atom. The van der Waals surface area contributed by atoms with Crippen molar-refractivity contribution >= 4 is 23.1 Å². The number of benzene rings is 1. The number of aliphatic hydroxyl groups excluding tert-OH is 1. The molecule has 164 valence electrons. The lowest BCUT2D eigenvalue weighted by Crippen LogP contribution is -2.33. The van der Waals surface area contributed by atoms with Crippen molar-refractivity contribution in [2.24, 2.45) is 5.73 Å². The number of carbonyl (C=O) groups is 1. The van der Waals surface area contributed by atoms with Gasteiger partial charge in [0.15, 0.2) is 5.82 Å². The molecule has 31 heavy (non-hydrogen) atoms. The number of aliphatic hydroxyl groups is 1. The van der Waals surface area contributed by atoms with Crippen LogP contribution in [0, 0.1) is 6.92 Å². The molecule has 0 bridgehead atoms. The van der Waals surface area contributed by atoms with E-state index in [4.69, 9.17) is 26.8 Å². The van der Waals surface area contributed by atoms with Crippen molar-refractivity contribution in [1.29, 1.82) is 0 Å². The zero-order chi connectivity index (χ0) is 22.1. The molecule has 2 aliphatic heterocycles. The molecule has 1 aromatic carbocycles. The highest BCUT2D eigenvalue weighted by Gasteiger charge is 2.32. The number of carbonyl (C=O) groups excluding carboxylic acids is 1. The smallest absolute Gasteiger partial charge is 0.258 e. The van der Waals surface area contributed by atoms with Gasteiger partial charge in [-0.2, -0.15) is 0 Å². The van der Waals surface area contributed by atoms with Crippen molar-refractivity contribution in [3.8, 4) is 5.75 Å². The highest BCUT2D eigenvalue weighted by Crippen LogP contribution is 2.29. The lowest BCUT2D eigenvalue weighted by atomic mass is 10.1. The van der Waals surface area contributed by atoms with Crippen molar-refractivity contribution in [3.05, 3.63) is 57.8 Å². The van der Waals surface area contributed by atoms with E-state index in [0.29, 0.717) is 46.5 Å². The second-order valence-corrected chi connectivity index (χ2v) is 8.05. The fourth-order valence-corrected chi connectivity index (χ4v) is 3.93. The first-order valence-electron chi connectivity index (χ1n) is 10.2. The molecule has 0 unspecified atom stereocenters. The number of amides is 1. The van der Waals surface area contributed by atoms with Gasteiger partial charge in [0.25, 0.3) is 5.91 Å². The average molecular weight is 445 g/mol. The standard InChI is InChI=1S/C22H25ClN4O4/c1-3-16-20(23)12(2)25-21(26-16)14-8-27(9-15(14)24)22(29)13-6-4-5-7-18(13)31-19-11-30-10-17(19)28/h4-7,17,19,28H,3,8-11,24H2,1-2H3/t17-,19-/m0/s1. The van der Waals surface area contributed by atoms with E-state index in [1.165, 1.54) is 0 Å². The summed E-state index contributed by atoms with van der Waals surface area (Å²) in [6.07, 6.45) is -0.562. The van der Waals surface area contributed by atoms with Crippen LogP contribution in [0.5, 0.6) is 5.75 Å². The highest BCUT2D eigenvalue weighted by molar-refractivity contribution is 6.31. The molecule has 8 nitrogen and oxygen atoms in total. The summed E-state index contributed by atoms with van der Waals surface area (Å²) >= 11 is 6.29. The third-order valence-electron chi connectivity index (χ3n) is 5.47. The van der Waals surface area contributed by atoms with Gasteiger partial charge in [0.05, 0.1) is 48.3 Å². The molecular weight excluding hydrogens is 420 g/mol. The van der Waals surface area contributed by atoms with Crippen molar-refractivity contribution in [2.75, 3.05) is 26.3 Å². The number of halogens is 1. The van der Waals surface area contributed by atoms with E-state index in [1.54, 1.807) is 29.2 Å². The highest BCUT2D eigenvalue weighted by atomic mass is 35.5. The molecule has 1 amide bonds. The summed E-state index contributed by atoms with van der Waals surface area (Å²) in [4.78, 5) is 24.0. The molecule has 1 aromatic heterocycles. The van der Waals surface area contributed by atoms with Gasteiger partial charge in [-0.1, -0.05) is 30.7 Å². The average Bonchev–Trinajstić information content (AvgIpc) is 3.35. The van der Waals surface area contributed by atoms with Gasteiger partial charge in [0.1, 0.15) is 18.0 Å². The Hall–Kier alpha value is -2.68. The van der Waals surface area contributed by atoms with Crippen molar-refractivity contribution in [1.82, 2.24) is 14.9 Å². The van der Waals surface area contributed by atoms with Gasteiger partial charge in [-0.25, -0.2) is 9.97 Å². The van der Waals surface area contributed by atoms with Crippen LogP contribution in [-0.2, 0) is 11.2 Å². The Bertz CT molecular complexity index is 1040. The van der Waals surface area contributed by atoms with Crippen LogP contribution in [0.4, 0.5) is 0 Å². The lowest BCUT2D eigenvalue weighted by molar-refractivity contribution is 0.0686. The maximum Gasteiger partial charge on any atom is 0.258 e. The zero-order valence-electron chi connectivity index (χ0n) is 17.5. The lowest BCUT2D eigenvalue weighted by Gasteiger charge is -2.21. The Morgan fingerprint density at radius 2 is 2.10 bits per heavy atom. The van der Waals surface area contributed by atoms with Crippen LogP contribution in [0.1, 0.15) is 34.5 Å². The third-order valence-corrected chi connectivity index (χ3v) is 5.96. The van der Waals surface area contributed by atoms with Crippen molar-refractivity contribution < 1.29 is 19.4 Å².